The van der Waals surface area contributed by atoms with Gasteiger partial charge in [-0.3, -0.25) is 0 Å². The van der Waals surface area contributed by atoms with Gasteiger partial charge in [-0.05, 0) is 17.7 Å². The van der Waals surface area contributed by atoms with Crippen LogP contribution in [0.4, 0.5) is 13.2 Å². The lowest BCUT2D eigenvalue weighted by Crippen LogP contribution is -2.29. The minimum atomic E-state index is -4.44. The normalized spacial score (nSPS) is 12.3. The summed E-state index contributed by atoms with van der Waals surface area (Å²) >= 11 is 0. The zero-order valence-corrected chi connectivity index (χ0v) is 11.0. The topological polar surface area (TPSA) is 83.5 Å². The average Bonchev–Trinajstić information content (AvgIpc) is 2.26. The maximum Gasteiger partial charge on any atom is 0.390 e. The number of benzene rings is 1. The van der Waals surface area contributed by atoms with Crippen LogP contribution in [0.1, 0.15) is 22.3 Å². The van der Waals surface area contributed by atoms with Crippen molar-refractivity contribution in [2.24, 2.45) is 0 Å². The van der Waals surface area contributed by atoms with E-state index in [0.717, 1.165) is 6.07 Å². The Balaban J connectivity index is 2.67. The molecule has 0 spiro atoms. The van der Waals surface area contributed by atoms with E-state index in [2.05, 4.69) is 0 Å². The fraction of sp³-hybridized carbons (Fsp3) is 0.364. The van der Waals surface area contributed by atoms with Gasteiger partial charge in [0.1, 0.15) is 0 Å². The predicted molar refractivity (Wildman–Crippen MR) is 64.7 cm³/mol. The predicted octanol–water partition coefficient (Wildman–Crippen LogP) is 1.76. The second-order valence-corrected chi connectivity index (χ2v) is 5.83. The van der Waals surface area contributed by atoms with E-state index in [-0.39, 0.29) is 11.1 Å². The molecule has 0 heterocycles. The highest BCUT2D eigenvalue weighted by atomic mass is 32.2. The summed E-state index contributed by atoms with van der Waals surface area (Å²) in [4.78, 5) is 10.7. The molecule has 1 rings (SSSR count). The van der Waals surface area contributed by atoms with E-state index >= 15 is 0 Å². The molecule has 20 heavy (non-hydrogen) atoms. The third-order valence-corrected chi connectivity index (χ3v) is 3.62. The molecule has 2 N–H and O–H groups in total. The summed E-state index contributed by atoms with van der Waals surface area (Å²) in [6, 6.07) is 5.19. The van der Waals surface area contributed by atoms with E-state index in [9.17, 15) is 26.4 Å². The summed E-state index contributed by atoms with van der Waals surface area (Å²) in [7, 11) is -3.94. The highest BCUT2D eigenvalue weighted by Gasteiger charge is 2.27. The van der Waals surface area contributed by atoms with Crippen molar-refractivity contribution in [1.29, 1.82) is 0 Å². The smallest absolute Gasteiger partial charge is 0.390 e. The summed E-state index contributed by atoms with van der Waals surface area (Å²) in [6.45, 7) is -0.746. The number of hydrogen-bond acceptors (Lipinski definition) is 3. The van der Waals surface area contributed by atoms with Crippen LogP contribution in [0.5, 0.6) is 0 Å². The number of carbonyl (C=O) groups is 1. The Morgan fingerprint density at radius 3 is 2.50 bits per heavy atom. The van der Waals surface area contributed by atoms with Gasteiger partial charge in [0, 0.05) is 6.54 Å². The van der Waals surface area contributed by atoms with Gasteiger partial charge in [-0.15, -0.1) is 0 Å². The molecule has 0 aromatic heterocycles. The van der Waals surface area contributed by atoms with Gasteiger partial charge in [0.15, 0.2) is 0 Å². The van der Waals surface area contributed by atoms with E-state index in [1.807, 2.05) is 4.72 Å². The van der Waals surface area contributed by atoms with Crippen LogP contribution in [0, 0.1) is 0 Å². The Labute approximate surface area is 113 Å². The van der Waals surface area contributed by atoms with Crippen LogP contribution >= 0.6 is 0 Å². The maximum absolute atomic E-state index is 11.9. The molecule has 0 aliphatic rings. The Kier molecular flexibility index (Phi) is 5.12. The highest BCUT2D eigenvalue weighted by Crippen LogP contribution is 2.18. The monoisotopic (exact) mass is 311 g/mol. The van der Waals surface area contributed by atoms with Crippen molar-refractivity contribution in [3.63, 3.8) is 0 Å². The fourth-order valence-corrected chi connectivity index (χ4v) is 2.55. The Morgan fingerprint density at radius 2 is 1.95 bits per heavy atom. The number of alkyl halides is 3. The third-order valence-electron chi connectivity index (χ3n) is 2.26. The first-order valence-electron chi connectivity index (χ1n) is 5.45. The molecule has 0 amide bonds. The lowest BCUT2D eigenvalue weighted by Gasteiger charge is -2.09. The quantitative estimate of drug-likeness (QED) is 0.838. The summed E-state index contributed by atoms with van der Waals surface area (Å²) in [6.07, 6.45) is -5.70. The van der Waals surface area contributed by atoms with Crippen LogP contribution < -0.4 is 4.72 Å². The molecular formula is C11H12F3NO4S. The molecule has 1 aromatic carbocycles. The lowest BCUT2D eigenvalue weighted by atomic mass is 10.1. The van der Waals surface area contributed by atoms with Crippen molar-refractivity contribution < 1.29 is 31.5 Å². The van der Waals surface area contributed by atoms with Gasteiger partial charge in [-0.25, -0.2) is 17.9 Å². The molecule has 1 aromatic rings. The van der Waals surface area contributed by atoms with Gasteiger partial charge in [0.05, 0.1) is 17.7 Å². The third kappa shape index (κ3) is 6.02. The summed E-state index contributed by atoms with van der Waals surface area (Å²) in [5, 5.41) is 8.75. The van der Waals surface area contributed by atoms with Gasteiger partial charge >= 0.3 is 12.1 Å². The maximum atomic E-state index is 11.9. The Hall–Kier alpha value is -1.61. The van der Waals surface area contributed by atoms with E-state index < -0.39 is 40.9 Å². The van der Waals surface area contributed by atoms with Gasteiger partial charge in [-0.1, -0.05) is 12.1 Å². The molecular weight excluding hydrogens is 299 g/mol. The molecule has 0 fully saturated rings. The molecule has 0 atom stereocenters. The van der Waals surface area contributed by atoms with Crippen LogP contribution in [0.25, 0.3) is 0 Å². The molecule has 0 bridgehead atoms. The van der Waals surface area contributed by atoms with Crippen molar-refractivity contribution in [2.75, 3.05) is 6.54 Å². The van der Waals surface area contributed by atoms with Crippen LogP contribution in [-0.2, 0) is 15.8 Å². The van der Waals surface area contributed by atoms with Gasteiger partial charge in [0.2, 0.25) is 10.0 Å². The van der Waals surface area contributed by atoms with Crippen molar-refractivity contribution in [3.8, 4) is 0 Å². The van der Waals surface area contributed by atoms with Crippen molar-refractivity contribution in [2.45, 2.75) is 18.3 Å². The molecule has 112 valence electrons. The molecule has 0 saturated heterocycles. The molecule has 0 saturated carbocycles. The van der Waals surface area contributed by atoms with Crippen molar-refractivity contribution in [1.82, 2.24) is 4.72 Å². The van der Waals surface area contributed by atoms with Crippen molar-refractivity contribution >= 4 is 16.0 Å². The largest absolute Gasteiger partial charge is 0.478 e. The summed E-state index contributed by atoms with van der Waals surface area (Å²) in [5.41, 5.74) is 0.0948. The van der Waals surface area contributed by atoms with Crippen LogP contribution in [0.3, 0.4) is 0 Å². The molecule has 0 aliphatic heterocycles. The number of aromatic carboxylic acids is 1. The number of nitrogens with one attached hydrogen (secondary N) is 1. The molecule has 0 unspecified atom stereocenters. The van der Waals surface area contributed by atoms with Gasteiger partial charge < -0.3 is 5.11 Å². The summed E-state index contributed by atoms with van der Waals surface area (Å²) < 4.78 is 60.6. The number of rotatable bonds is 6. The fourth-order valence-electron chi connectivity index (χ4n) is 1.41. The first-order chi connectivity index (χ1) is 9.09. The number of hydrogen-bond donors (Lipinski definition) is 2. The van der Waals surface area contributed by atoms with Crippen LogP contribution in [0.2, 0.25) is 0 Å². The van der Waals surface area contributed by atoms with Crippen LogP contribution in [-0.4, -0.2) is 32.2 Å². The average molecular weight is 311 g/mol. The number of sulfonamides is 1. The minimum absolute atomic E-state index is 0.0898. The standard InChI is InChI=1S/C11H12F3NO4S/c12-11(13,14)4-5-15-20(18,19)7-8-2-1-3-9(6-8)10(16)17/h1-3,6,15H,4-5,7H2,(H,16,17). The van der Waals surface area contributed by atoms with Gasteiger partial charge in [-0.2, -0.15) is 13.2 Å². The molecule has 0 aliphatic carbocycles. The number of carboxylic acid groups (broad SMARTS) is 1. The van der Waals surface area contributed by atoms with E-state index in [4.69, 9.17) is 5.11 Å². The number of halogens is 3. The zero-order chi connectivity index (χ0) is 15.4. The van der Waals surface area contributed by atoms with Crippen LogP contribution in [0.15, 0.2) is 24.3 Å². The van der Waals surface area contributed by atoms with Gasteiger partial charge in [0.25, 0.3) is 0 Å². The zero-order valence-electron chi connectivity index (χ0n) is 10.1. The van der Waals surface area contributed by atoms with E-state index in [1.54, 1.807) is 0 Å². The number of carboxylic acids is 1. The van der Waals surface area contributed by atoms with Crippen molar-refractivity contribution in [3.05, 3.63) is 35.4 Å². The molecule has 5 nitrogen and oxygen atoms in total. The Morgan fingerprint density at radius 1 is 1.30 bits per heavy atom. The Bertz CT molecular complexity index is 584. The second-order valence-electron chi connectivity index (χ2n) is 4.02. The minimum Gasteiger partial charge on any atom is -0.478 e. The second kappa shape index (κ2) is 6.23. The molecule has 0 radical (unpaired) electrons. The van der Waals surface area contributed by atoms with E-state index in [0.29, 0.717) is 0 Å². The summed E-state index contributed by atoms with van der Waals surface area (Å²) in [5.74, 6) is -1.79. The lowest BCUT2D eigenvalue weighted by molar-refractivity contribution is -0.132. The first kappa shape index (κ1) is 16.4. The first-order valence-corrected chi connectivity index (χ1v) is 7.11. The highest BCUT2D eigenvalue weighted by molar-refractivity contribution is 7.88. The molecule has 9 heteroatoms. The van der Waals surface area contributed by atoms with E-state index in [1.165, 1.54) is 18.2 Å². The SMILES string of the molecule is O=C(O)c1cccc(CS(=O)(=O)NCCC(F)(F)F)c1.